The maximum atomic E-state index is 3.40. The van der Waals surface area contributed by atoms with E-state index in [1.807, 2.05) is 7.05 Å². The highest BCUT2D eigenvalue weighted by atomic mass is 127. The molecule has 2 atom stereocenters. The van der Waals surface area contributed by atoms with E-state index >= 15 is 0 Å². The first kappa shape index (κ1) is 13.0. The molecule has 2 unspecified atom stereocenters. The minimum Gasteiger partial charge on any atom is -0.313 e. The van der Waals surface area contributed by atoms with E-state index in [2.05, 4.69) is 66.0 Å². The summed E-state index contributed by atoms with van der Waals surface area (Å²) in [5, 5.41) is 3.40. The van der Waals surface area contributed by atoms with Crippen molar-refractivity contribution in [1.29, 1.82) is 0 Å². The monoisotopic (exact) mass is 317 g/mol. The Hall–Kier alpha value is -0.0900. The van der Waals surface area contributed by atoms with E-state index in [0.29, 0.717) is 6.04 Å². The number of rotatable bonds is 5. The van der Waals surface area contributed by atoms with Gasteiger partial charge in [-0.1, -0.05) is 32.4 Å². The lowest BCUT2D eigenvalue weighted by Crippen LogP contribution is -2.18. The van der Waals surface area contributed by atoms with Gasteiger partial charge in [0, 0.05) is 9.61 Å². The predicted molar refractivity (Wildman–Crippen MR) is 75.0 cm³/mol. The maximum Gasteiger partial charge on any atom is 0.0320 e. The van der Waals surface area contributed by atoms with E-state index in [0.717, 1.165) is 5.92 Å². The van der Waals surface area contributed by atoms with Crippen LogP contribution in [0.15, 0.2) is 24.3 Å². The topological polar surface area (TPSA) is 12.0 Å². The average Bonchev–Trinajstić information content (AvgIpc) is 2.27. The Kier molecular flexibility index (Phi) is 5.61. The van der Waals surface area contributed by atoms with Crippen LogP contribution in [0.3, 0.4) is 0 Å². The summed E-state index contributed by atoms with van der Waals surface area (Å²) in [4.78, 5) is 0. The molecule has 84 valence electrons. The fourth-order valence-electron chi connectivity index (χ4n) is 1.68. The van der Waals surface area contributed by atoms with Gasteiger partial charge in [0.2, 0.25) is 0 Å². The second-order valence-corrected chi connectivity index (χ2v) is 5.39. The lowest BCUT2D eigenvalue weighted by Gasteiger charge is -2.20. The van der Waals surface area contributed by atoms with E-state index in [1.165, 1.54) is 22.0 Å². The van der Waals surface area contributed by atoms with Crippen LogP contribution in [-0.2, 0) is 0 Å². The van der Waals surface area contributed by atoms with Gasteiger partial charge in [0.1, 0.15) is 0 Å². The SMILES string of the molecule is CCC(C)CC(NC)c1ccc(I)cc1. The van der Waals surface area contributed by atoms with Crippen LogP contribution in [0.2, 0.25) is 0 Å². The van der Waals surface area contributed by atoms with Crippen molar-refractivity contribution in [3.05, 3.63) is 33.4 Å². The van der Waals surface area contributed by atoms with Crippen molar-refractivity contribution in [3.63, 3.8) is 0 Å². The van der Waals surface area contributed by atoms with Crippen molar-refractivity contribution in [2.24, 2.45) is 5.92 Å². The standard InChI is InChI=1S/C13H20IN/c1-4-10(2)9-13(15-3)11-5-7-12(14)8-6-11/h5-8,10,13,15H,4,9H2,1-3H3. The highest BCUT2D eigenvalue weighted by Crippen LogP contribution is 2.23. The minimum atomic E-state index is 0.497. The molecule has 1 aromatic rings. The van der Waals surface area contributed by atoms with E-state index in [-0.39, 0.29) is 0 Å². The minimum absolute atomic E-state index is 0.497. The Morgan fingerprint density at radius 1 is 1.27 bits per heavy atom. The van der Waals surface area contributed by atoms with Gasteiger partial charge in [-0.2, -0.15) is 0 Å². The third-order valence-electron chi connectivity index (χ3n) is 2.96. The van der Waals surface area contributed by atoms with Crippen LogP contribution < -0.4 is 5.32 Å². The summed E-state index contributed by atoms with van der Waals surface area (Å²) >= 11 is 2.34. The third-order valence-corrected chi connectivity index (χ3v) is 3.67. The molecule has 0 aliphatic carbocycles. The third kappa shape index (κ3) is 4.11. The molecule has 1 N–H and O–H groups in total. The normalized spacial score (nSPS) is 14.9. The zero-order chi connectivity index (χ0) is 11.3. The van der Waals surface area contributed by atoms with Gasteiger partial charge in [-0.3, -0.25) is 0 Å². The summed E-state index contributed by atoms with van der Waals surface area (Å²) in [5.74, 6) is 0.779. The molecule has 0 saturated heterocycles. The molecule has 0 heterocycles. The lowest BCUT2D eigenvalue weighted by atomic mass is 9.94. The molecule has 2 heteroatoms. The average molecular weight is 317 g/mol. The summed E-state index contributed by atoms with van der Waals surface area (Å²) in [5.41, 5.74) is 1.40. The molecule has 0 aliphatic heterocycles. The molecular formula is C13H20IN. The predicted octanol–water partition coefficient (Wildman–Crippen LogP) is 3.99. The summed E-state index contributed by atoms with van der Waals surface area (Å²) in [7, 11) is 2.05. The van der Waals surface area contributed by atoms with Crippen molar-refractivity contribution >= 4 is 22.6 Å². The van der Waals surface area contributed by atoms with Gasteiger partial charge < -0.3 is 5.32 Å². The Balaban J connectivity index is 2.69. The number of nitrogens with one attached hydrogen (secondary N) is 1. The van der Waals surface area contributed by atoms with E-state index < -0.39 is 0 Å². The van der Waals surface area contributed by atoms with Gasteiger partial charge in [-0.15, -0.1) is 0 Å². The Labute approximate surface area is 107 Å². The maximum absolute atomic E-state index is 3.40. The molecule has 15 heavy (non-hydrogen) atoms. The van der Waals surface area contributed by atoms with Crippen LogP contribution in [0.4, 0.5) is 0 Å². The van der Waals surface area contributed by atoms with E-state index in [1.54, 1.807) is 0 Å². The summed E-state index contributed by atoms with van der Waals surface area (Å²) < 4.78 is 1.30. The molecule has 1 nitrogen and oxygen atoms in total. The van der Waals surface area contributed by atoms with Crippen molar-refractivity contribution in [2.75, 3.05) is 7.05 Å². The molecular weight excluding hydrogens is 297 g/mol. The fourth-order valence-corrected chi connectivity index (χ4v) is 2.04. The van der Waals surface area contributed by atoms with Crippen molar-refractivity contribution in [2.45, 2.75) is 32.7 Å². The molecule has 1 aromatic carbocycles. The largest absolute Gasteiger partial charge is 0.313 e. The number of hydrogen-bond donors (Lipinski definition) is 1. The summed E-state index contributed by atoms with van der Waals surface area (Å²) in [6, 6.07) is 9.31. The first-order valence-electron chi connectivity index (χ1n) is 5.60. The van der Waals surface area contributed by atoms with Gasteiger partial charge >= 0.3 is 0 Å². The fraction of sp³-hybridized carbons (Fsp3) is 0.538. The van der Waals surface area contributed by atoms with Crippen molar-refractivity contribution < 1.29 is 0 Å². The summed E-state index contributed by atoms with van der Waals surface area (Å²) in [6.45, 7) is 4.57. The van der Waals surface area contributed by atoms with Crippen LogP contribution >= 0.6 is 22.6 Å². The van der Waals surface area contributed by atoms with Gasteiger partial charge in [0.15, 0.2) is 0 Å². The lowest BCUT2D eigenvalue weighted by molar-refractivity contribution is 0.422. The van der Waals surface area contributed by atoms with Gasteiger partial charge in [0.25, 0.3) is 0 Å². The molecule has 0 aromatic heterocycles. The Bertz CT molecular complexity index is 281. The quantitative estimate of drug-likeness (QED) is 0.810. The molecule has 0 bridgehead atoms. The van der Waals surface area contributed by atoms with Crippen molar-refractivity contribution in [1.82, 2.24) is 5.32 Å². The Morgan fingerprint density at radius 3 is 2.33 bits per heavy atom. The number of benzene rings is 1. The number of hydrogen-bond acceptors (Lipinski definition) is 1. The van der Waals surface area contributed by atoms with Crippen LogP contribution in [0.1, 0.15) is 38.3 Å². The highest BCUT2D eigenvalue weighted by molar-refractivity contribution is 14.1. The van der Waals surface area contributed by atoms with E-state index in [4.69, 9.17) is 0 Å². The molecule has 0 amide bonds. The molecule has 0 radical (unpaired) electrons. The van der Waals surface area contributed by atoms with Crippen LogP contribution in [0.5, 0.6) is 0 Å². The van der Waals surface area contributed by atoms with Gasteiger partial charge in [-0.25, -0.2) is 0 Å². The van der Waals surface area contributed by atoms with Crippen LogP contribution in [0.25, 0.3) is 0 Å². The van der Waals surface area contributed by atoms with Crippen LogP contribution in [0, 0.1) is 9.49 Å². The second-order valence-electron chi connectivity index (χ2n) is 4.14. The first-order valence-corrected chi connectivity index (χ1v) is 6.68. The molecule has 0 spiro atoms. The molecule has 0 aliphatic rings. The highest BCUT2D eigenvalue weighted by Gasteiger charge is 2.11. The number of halogens is 1. The Morgan fingerprint density at radius 2 is 1.87 bits per heavy atom. The molecule has 1 rings (SSSR count). The second kappa shape index (κ2) is 6.48. The van der Waals surface area contributed by atoms with Crippen LogP contribution in [-0.4, -0.2) is 7.05 Å². The van der Waals surface area contributed by atoms with Crippen molar-refractivity contribution in [3.8, 4) is 0 Å². The molecule has 0 saturated carbocycles. The first-order chi connectivity index (χ1) is 7.17. The smallest absolute Gasteiger partial charge is 0.0320 e. The molecule has 0 fully saturated rings. The zero-order valence-electron chi connectivity index (χ0n) is 9.76. The van der Waals surface area contributed by atoms with E-state index in [9.17, 15) is 0 Å². The zero-order valence-corrected chi connectivity index (χ0v) is 11.9. The van der Waals surface area contributed by atoms with Gasteiger partial charge in [0.05, 0.1) is 0 Å². The summed E-state index contributed by atoms with van der Waals surface area (Å²) in [6.07, 6.45) is 2.47. The van der Waals surface area contributed by atoms with Gasteiger partial charge in [-0.05, 0) is 59.7 Å².